The van der Waals surface area contributed by atoms with E-state index in [1.807, 2.05) is 0 Å². The summed E-state index contributed by atoms with van der Waals surface area (Å²) in [4.78, 5) is 0. The van der Waals surface area contributed by atoms with Crippen LogP contribution in [0.25, 0.3) is 0 Å². The third-order valence-electron chi connectivity index (χ3n) is 3.07. The second-order valence-electron chi connectivity index (χ2n) is 4.76. The van der Waals surface area contributed by atoms with Crippen molar-refractivity contribution in [2.75, 3.05) is 6.61 Å². The molecular weight excluding hydrogens is 246 g/mol. The van der Waals surface area contributed by atoms with Crippen LogP contribution in [0.15, 0.2) is 0 Å². The summed E-state index contributed by atoms with van der Waals surface area (Å²) in [6.45, 7) is 1.79. The summed E-state index contributed by atoms with van der Waals surface area (Å²) < 4.78 is 0. The molecule has 0 aromatic rings. The Morgan fingerprint density at radius 1 is 0.722 bits per heavy atom. The zero-order chi connectivity index (χ0) is 12.1. The fourth-order valence-corrected chi connectivity index (χ4v) is 1.94. The third kappa shape index (κ3) is 20.2. The molecule has 18 heavy (non-hydrogen) atoms. The van der Waals surface area contributed by atoms with Gasteiger partial charge in [0.15, 0.2) is 0 Å². The molecule has 0 aliphatic heterocycles. The molecule has 0 aromatic heterocycles. The van der Waals surface area contributed by atoms with Crippen LogP contribution in [0, 0.1) is 0 Å². The normalized spacial score (nSPS) is 11.5. The Bertz CT molecular complexity index is 135. The van der Waals surface area contributed by atoms with Crippen molar-refractivity contribution < 1.29 is 69.3 Å². The molecule has 0 heterocycles. The molecule has 1 atom stereocenters. The Morgan fingerprint density at radius 2 is 1.11 bits per heavy atom. The van der Waals surface area contributed by atoms with E-state index in [-0.39, 0.29) is 59.1 Å². The molecule has 0 N–H and O–H groups in total. The van der Waals surface area contributed by atoms with Gasteiger partial charge in [-0.05, 0) is 0 Å². The van der Waals surface area contributed by atoms with Crippen molar-refractivity contribution >= 4 is 0 Å². The molecule has 4 heteroatoms. The van der Waals surface area contributed by atoms with Crippen LogP contribution in [0.5, 0.6) is 0 Å². The third-order valence-corrected chi connectivity index (χ3v) is 3.07. The summed E-state index contributed by atoms with van der Waals surface area (Å²) in [6.07, 6.45) is 12.5. The largest absolute Gasteiger partial charge is 1.00 e. The van der Waals surface area contributed by atoms with Gasteiger partial charge in [0.25, 0.3) is 0 Å². The first-order valence-electron chi connectivity index (χ1n) is 7.05. The van der Waals surface area contributed by atoms with Crippen LogP contribution >= 0.6 is 0 Å². The van der Waals surface area contributed by atoms with E-state index >= 15 is 0 Å². The van der Waals surface area contributed by atoms with Crippen LogP contribution in [-0.4, -0.2) is 12.7 Å². The van der Waals surface area contributed by atoms with Crippen LogP contribution in [0.1, 0.15) is 77.6 Å². The van der Waals surface area contributed by atoms with Gasteiger partial charge in [0.05, 0.1) is 0 Å². The summed E-state index contributed by atoms with van der Waals surface area (Å²) in [5.74, 6) is 0. The van der Waals surface area contributed by atoms with E-state index < -0.39 is 12.7 Å². The molecule has 0 aliphatic carbocycles. The maximum Gasteiger partial charge on any atom is 1.00 e. The van der Waals surface area contributed by atoms with Crippen molar-refractivity contribution in [3.63, 3.8) is 0 Å². The molecule has 0 bridgehead atoms. The van der Waals surface area contributed by atoms with Crippen molar-refractivity contribution in [2.24, 2.45) is 0 Å². The predicted molar refractivity (Wildman–Crippen MR) is 65.1 cm³/mol. The maximum atomic E-state index is 10.8. The van der Waals surface area contributed by atoms with Gasteiger partial charge in [0, 0.05) is 0 Å². The summed E-state index contributed by atoms with van der Waals surface area (Å²) in [7, 11) is 0. The Hall–Kier alpha value is 1.92. The molecule has 0 radical (unpaired) electrons. The number of unbranched alkanes of at least 4 members (excludes halogenated alkanes) is 9. The second-order valence-corrected chi connectivity index (χ2v) is 4.76. The van der Waals surface area contributed by atoms with Gasteiger partial charge in [-0.25, -0.2) is 0 Å². The van der Waals surface area contributed by atoms with Gasteiger partial charge in [-0.2, -0.15) is 6.61 Å². The first kappa shape index (κ1) is 24.9. The Balaban J connectivity index is -0.00000112. The minimum Gasteiger partial charge on any atom is -0.855 e. The van der Waals surface area contributed by atoms with E-state index in [2.05, 4.69) is 6.92 Å². The SMILES string of the molecule is CCCCCCCCCCCCC([O-])C[O-].[Na+].[Na+]. The number of rotatable bonds is 12. The quantitative estimate of drug-likeness (QED) is 0.273. The summed E-state index contributed by atoms with van der Waals surface area (Å²) >= 11 is 0. The summed E-state index contributed by atoms with van der Waals surface area (Å²) in [5, 5.41) is 21.0. The van der Waals surface area contributed by atoms with Crippen LogP contribution < -0.4 is 69.3 Å². The van der Waals surface area contributed by atoms with Crippen molar-refractivity contribution in [1.29, 1.82) is 0 Å². The van der Waals surface area contributed by atoms with E-state index in [1.54, 1.807) is 0 Å². The molecule has 2 nitrogen and oxygen atoms in total. The van der Waals surface area contributed by atoms with Crippen LogP contribution in [-0.2, 0) is 0 Å². The maximum absolute atomic E-state index is 10.8. The van der Waals surface area contributed by atoms with Gasteiger partial charge in [-0.1, -0.05) is 77.6 Å². The van der Waals surface area contributed by atoms with E-state index in [0.29, 0.717) is 6.42 Å². The zero-order valence-corrected chi connectivity index (χ0v) is 16.9. The summed E-state index contributed by atoms with van der Waals surface area (Å²) in [5.41, 5.74) is 0. The molecule has 0 rings (SSSR count). The Morgan fingerprint density at radius 3 is 1.50 bits per heavy atom. The minimum absolute atomic E-state index is 0. The molecule has 98 valence electrons. The van der Waals surface area contributed by atoms with Crippen molar-refractivity contribution in [2.45, 2.75) is 83.7 Å². The van der Waals surface area contributed by atoms with Gasteiger partial charge in [0.2, 0.25) is 0 Å². The average molecular weight is 274 g/mol. The first-order chi connectivity index (χ1) is 7.81. The van der Waals surface area contributed by atoms with Gasteiger partial charge in [-0.3, -0.25) is 0 Å². The Labute approximate surface area is 158 Å². The van der Waals surface area contributed by atoms with E-state index in [0.717, 1.165) is 12.8 Å². The second kappa shape index (κ2) is 21.2. The fraction of sp³-hybridized carbons (Fsp3) is 1.00. The molecule has 0 saturated carbocycles. The topological polar surface area (TPSA) is 46.1 Å². The number of hydrogen-bond donors (Lipinski definition) is 0. The van der Waals surface area contributed by atoms with Crippen LogP contribution in [0.3, 0.4) is 0 Å². The zero-order valence-electron chi connectivity index (χ0n) is 12.9. The van der Waals surface area contributed by atoms with Crippen molar-refractivity contribution in [1.82, 2.24) is 0 Å². The predicted octanol–water partition coefficient (Wildman–Crippen LogP) is -3.61. The molecular formula is C14H28Na2O2. The fourth-order valence-electron chi connectivity index (χ4n) is 1.94. The molecule has 0 spiro atoms. The summed E-state index contributed by atoms with van der Waals surface area (Å²) in [6, 6.07) is 0. The van der Waals surface area contributed by atoms with Crippen molar-refractivity contribution in [3.8, 4) is 0 Å². The van der Waals surface area contributed by atoms with Gasteiger partial charge in [-0.15, -0.1) is 6.10 Å². The monoisotopic (exact) mass is 274 g/mol. The van der Waals surface area contributed by atoms with Gasteiger partial charge in [0.1, 0.15) is 0 Å². The number of hydrogen-bond acceptors (Lipinski definition) is 2. The van der Waals surface area contributed by atoms with Crippen molar-refractivity contribution in [3.05, 3.63) is 0 Å². The standard InChI is InChI=1S/C14H28O2.2Na/c1-2-3-4-5-6-7-8-9-10-11-12-14(16)13-15;;/h14H,2-13H2,1H3;;/q-2;2*+1. The Kier molecular flexibility index (Phi) is 29.4. The van der Waals surface area contributed by atoms with Gasteiger partial charge >= 0.3 is 59.1 Å². The molecule has 0 fully saturated rings. The van der Waals surface area contributed by atoms with Crippen LogP contribution in [0.2, 0.25) is 0 Å². The molecule has 0 aromatic carbocycles. The van der Waals surface area contributed by atoms with Gasteiger partial charge < -0.3 is 10.2 Å². The van der Waals surface area contributed by atoms with E-state index in [9.17, 15) is 10.2 Å². The molecule has 1 unspecified atom stereocenters. The smallest absolute Gasteiger partial charge is 0.855 e. The molecule has 0 aliphatic rings. The molecule has 0 amide bonds. The average Bonchev–Trinajstić information content (AvgIpc) is 2.31. The van der Waals surface area contributed by atoms with E-state index in [4.69, 9.17) is 0 Å². The van der Waals surface area contributed by atoms with E-state index in [1.165, 1.54) is 51.4 Å². The minimum atomic E-state index is -0.853. The van der Waals surface area contributed by atoms with Crippen LogP contribution in [0.4, 0.5) is 0 Å². The molecule has 0 saturated heterocycles. The first-order valence-corrected chi connectivity index (χ1v) is 7.05.